The van der Waals surface area contributed by atoms with Crippen molar-refractivity contribution < 1.29 is 9.84 Å². The van der Waals surface area contributed by atoms with Gasteiger partial charge in [0.1, 0.15) is 17.7 Å². The quantitative estimate of drug-likeness (QED) is 0.737. The van der Waals surface area contributed by atoms with Gasteiger partial charge in [0.15, 0.2) is 0 Å². The average Bonchev–Trinajstić information content (AvgIpc) is 2.87. The predicted molar refractivity (Wildman–Crippen MR) is 64.6 cm³/mol. The first-order valence-electron chi connectivity index (χ1n) is 5.32. The second-order valence-electron chi connectivity index (χ2n) is 3.67. The van der Waals surface area contributed by atoms with Gasteiger partial charge in [-0.1, -0.05) is 12.1 Å². The SMILES string of the molecule is COc1cccc(-c2cnc(C(O)CN)[nH]2)c1. The summed E-state index contributed by atoms with van der Waals surface area (Å²) in [4.78, 5) is 7.13. The maximum absolute atomic E-state index is 9.55. The van der Waals surface area contributed by atoms with Crippen molar-refractivity contribution in [2.45, 2.75) is 6.10 Å². The minimum atomic E-state index is -0.755. The van der Waals surface area contributed by atoms with Crippen LogP contribution in [0.3, 0.4) is 0 Å². The molecular weight excluding hydrogens is 218 g/mol. The molecule has 1 heterocycles. The number of nitrogens with one attached hydrogen (secondary N) is 1. The molecule has 1 unspecified atom stereocenters. The van der Waals surface area contributed by atoms with Crippen LogP contribution in [0, 0.1) is 0 Å². The fraction of sp³-hybridized carbons (Fsp3) is 0.250. The molecule has 90 valence electrons. The van der Waals surface area contributed by atoms with E-state index in [4.69, 9.17) is 10.5 Å². The van der Waals surface area contributed by atoms with Gasteiger partial charge in [0.05, 0.1) is 19.0 Å². The van der Waals surface area contributed by atoms with Crippen LogP contribution in [0.15, 0.2) is 30.5 Å². The molecule has 0 aliphatic heterocycles. The van der Waals surface area contributed by atoms with E-state index in [-0.39, 0.29) is 6.54 Å². The van der Waals surface area contributed by atoms with Crippen molar-refractivity contribution in [1.29, 1.82) is 0 Å². The average molecular weight is 233 g/mol. The molecule has 0 radical (unpaired) electrons. The minimum Gasteiger partial charge on any atom is -0.497 e. The van der Waals surface area contributed by atoms with Gasteiger partial charge >= 0.3 is 0 Å². The van der Waals surface area contributed by atoms with Crippen LogP contribution in [0.25, 0.3) is 11.3 Å². The number of nitrogens with two attached hydrogens (primary N) is 1. The summed E-state index contributed by atoms with van der Waals surface area (Å²) in [5, 5.41) is 9.55. The monoisotopic (exact) mass is 233 g/mol. The molecule has 5 heteroatoms. The highest BCUT2D eigenvalue weighted by molar-refractivity contribution is 5.60. The molecule has 2 aromatic rings. The normalized spacial score (nSPS) is 12.4. The van der Waals surface area contributed by atoms with Crippen molar-refractivity contribution in [3.63, 3.8) is 0 Å². The third-order valence-corrected chi connectivity index (χ3v) is 2.52. The molecule has 4 N–H and O–H groups in total. The molecule has 1 aromatic heterocycles. The second-order valence-corrected chi connectivity index (χ2v) is 3.67. The molecule has 0 spiro atoms. The first-order chi connectivity index (χ1) is 8.24. The van der Waals surface area contributed by atoms with Crippen LogP contribution in [0.2, 0.25) is 0 Å². The number of aromatic nitrogens is 2. The lowest BCUT2D eigenvalue weighted by Gasteiger charge is -2.04. The number of nitrogens with zero attached hydrogens (tertiary/aromatic N) is 1. The Hall–Kier alpha value is -1.85. The Labute approximate surface area is 99.3 Å². The van der Waals surface area contributed by atoms with Gasteiger partial charge in [-0.25, -0.2) is 4.98 Å². The van der Waals surface area contributed by atoms with Gasteiger partial charge in [-0.15, -0.1) is 0 Å². The van der Waals surface area contributed by atoms with Crippen LogP contribution >= 0.6 is 0 Å². The number of hydrogen-bond acceptors (Lipinski definition) is 4. The summed E-state index contributed by atoms with van der Waals surface area (Å²) >= 11 is 0. The fourth-order valence-electron chi connectivity index (χ4n) is 1.55. The molecule has 0 bridgehead atoms. The molecule has 0 saturated carbocycles. The first-order valence-corrected chi connectivity index (χ1v) is 5.32. The zero-order valence-corrected chi connectivity index (χ0v) is 9.55. The summed E-state index contributed by atoms with van der Waals surface area (Å²) in [6.45, 7) is 0.144. The number of aliphatic hydroxyl groups is 1. The van der Waals surface area contributed by atoms with Crippen molar-refractivity contribution in [1.82, 2.24) is 9.97 Å². The molecule has 0 aliphatic rings. The Balaban J connectivity index is 2.30. The van der Waals surface area contributed by atoms with E-state index in [1.165, 1.54) is 0 Å². The number of aromatic amines is 1. The van der Waals surface area contributed by atoms with Crippen molar-refractivity contribution in [3.05, 3.63) is 36.3 Å². The van der Waals surface area contributed by atoms with Crippen LogP contribution in [0.4, 0.5) is 0 Å². The molecule has 0 aliphatic carbocycles. The molecule has 0 amide bonds. The van der Waals surface area contributed by atoms with Gasteiger partial charge in [0, 0.05) is 12.1 Å². The predicted octanol–water partition coefficient (Wildman–Crippen LogP) is 1.08. The van der Waals surface area contributed by atoms with E-state index in [0.29, 0.717) is 5.82 Å². The molecule has 2 rings (SSSR count). The summed E-state index contributed by atoms with van der Waals surface area (Å²) in [5.41, 5.74) is 7.14. The lowest BCUT2D eigenvalue weighted by Crippen LogP contribution is -2.12. The zero-order valence-electron chi connectivity index (χ0n) is 9.55. The van der Waals surface area contributed by atoms with Gasteiger partial charge in [0.25, 0.3) is 0 Å². The third kappa shape index (κ3) is 2.46. The Bertz CT molecular complexity index is 496. The van der Waals surface area contributed by atoms with E-state index in [1.54, 1.807) is 13.3 Å². The lowest BCUT2D eigenvalue weighted by molar-refractivity contribution is 0.177. The van der Waals surface area contributed by atoms with E-state index in [0.717, 1.165) is 17.0 Å². The summed E-state index contributed by atoms with van der Waals surface area (Å²) in [6.07, 6.45) is 0.914. The zero-order chi connectivity index (χ0) is 12.3. The van der Waals surface area contributed by atoms with Crippen LogP contribution in [0.5, 0.6) is 5.75 Å². The summed E-state index contributed by atoms with van der Waals surface area (Å²) < 4.78 is 5.15. The van der Waals surface area contributed by atoms with Crippen LogP contribution in [-0.2, 0) is 0 Å². The third-order valence-electron chi connectivity index (χ3n) is 2.52. The van der Waals surface area contributed by atoms with Gasteiger partial charge in [0.2, 0.25) is 0 Å². The van der Waals surface area contributed by atoms with Gasteiger partial charge in [-0.2, -0.15) is 0 Å². The van der Waals surface area contributed by atoms with E-state index < -0.39 is 6.10 Å². The highest BCUT2D eigenvalue weighted by Gasteiger charge is 2.10. The summed E-state index contributed by atoms with van der Waals surface area (Å²) in [7, 11) is 1.62. The Morgan fingerprint density at radius 3 is 3.06 bits per heavy atom. The summed E-state index contributed by atoms with van der Waals surface area (Å²) in [6, 6.07) is 7.60. The standard InChI is InChI=1S/C12H15N3O2/c1-17-9-4-2-3-8(5-9)10-7-14-12(15-10)11(16)6-13/h2-5,7,11,16H,6,13H2,1H3,(H,14,15). The maximum atomic E-state index is 9.55. The summed E-state index contributed by atoms with van der Waals surface area (Å²) in [5.74, 6) is 1.25. The molecule has 0 fully saturated rings. The Kier molecular flexibility index (Phi) is 3.41. The van der Waals surface area contributed by atoms with Gasteiger partial charge in [-0.05, 0) is 12.1 Å². The van der Waals surface area contributed by atoms with Crippen LogP contribution in [-0.4, -0.2) is 28.7 Å². The first kappa shape index (κ1) is 11.6. The van der Waals surface area contributed by atoms with E-state index in [2.05, 4.69) is 9.97 Å². The molecular formula is C12H15N3O2. The minimum absolute atomic E-state index is 0.144. The molecule has 5 nitrogen and oxygen atoms in total. The van der Waals surface area contributed by atoms with E-state index in [9.17, 15) is 5.11 Å². The number of methoxy groups -OCH3 is 1. The molecule has 1 atom stereocenters. The van der Waals surface area contributed by atoms with Gasteiger partial charge in [-0.3, -0.25) is 0 Å². The van der Waals surface area contributed by atoms with Crippen LogP contribution in [0.1, 0.15) is 11.9 Å². The van der Waals surface area contributed by atoms with Crippen molar-refractivity contribution in [3.8, 4) is 17.0 Å². The fourth-order valence-corrected chi connectivity index (χ4v) is 1.55. The Morgan fingerprint density at radius 2 is 2.35 bits per heavy atom. The Morgan fingerprint density at radius 1 is 1.53 bits per heavy atom. The van der Waals surface area contributed by atoms with E-state index >= 15 is 0 Å². The highest BCUT2D eigenvalue weighted by Crippen LogP contribution is 2.23. The largest absolute Gasteiger partial charge is 0.497 e. The maximum Gasteiger partial charge on any atom is 0.136 e. The van der Waals surface area contributed by atoms with Crippen molar-refractivity contribution in [2.24, 2.45) is 5.73 Å². The topological polar surface area (TPSA) is 84.2 Å². The number of imidazole rings is 1. The smallest absolute Gasteiger partial charge is 0.136 e. The number of benzene rings is 1. The molecule has 1 aromatic carbocycles. The number of hydrogen-bond donors (Lipinski definition) is 3. The van der Waals surface area contributed by atoms with Crippen molar-refractivity contribution in [2.75, 3.05) is 13.7 Å². The molecule has 17 heavy (non-hydrogen) atoms. The number of rotatable bonds is 4. The number of ether oxygens (including phenoxy) is 1. The lowest BCUT2D eigenvalue weighted by atomic mass is 10.1. The molecule has 0 saturated heterocycles. The van der Waals surface area contributed by atoms with E-state index in [1.807, 2.05) is 24.3 Å². The van der Waals surface area contributed by atoms with Gasteiger partial charge < -0.3 is 20.6 Å². The van der Waals surface area contributed by atoms with Crippen molar-refractivity contribution >= 4 is 0 Å². The number of aliphatic hydroxyl groups excluding tert-OH is 1. The number of H-pyrrole nitrogens is 1. The van der Waals surface area contributed by atoms with Crippen LogP contribution < -0.4 is 10.5 Å². The highest BCUT2D eigenvalue weighted by atomic mass is 16.5. The second kappa shape index (κ2) is 4.99.